The van der Waals surface area contributed by atoms with Gasteiger partial charge < -0.3 is 19.0 Å². The van der Waals surface area contributed by atoms with E-state index in [9.17, 15) is 4.79 Å². The van der Waals surface area contributed by atoms with Crippen LogP contribution in [0.4, 0.5) is 5.82 Å². The molecule has 1 aromatic carbocycles. The van der Waals surface area contributed by atoms with Crippen LogP contribution < -0.4 is 10.1 Å². The van der Waals surface area contributed by atoms with Crippen LogP contribution in [-0.2, 0) is 13.0 Å². The van der Waals surface area contributed by atoms with Gasteiger partial charge in [0.25, 0.3) is 5.91 Å². The van der Waals surface area contributed by atoms with Crippen molar-refractivity contribution in [1.82, 2.24) is 5.16 Å². The molecule has 130 valence electrons. The van der Waals surface area contributed by atoms with Crippen LogP contribution in [0, 0.1) is 6.92 Å². The van der Waals surface area contributed by atoms with E-state index in [4.69, 9.17) is 13.7 Å². The number of nitrogens with one attached hydrogen (secondary N) is 1. The average Bonchev–Trinajstić information content (AvgIpc) is 3.24. The quantitative estimate of drug-likeness (QED) is 0.691. The summed E-state index contributed by atoms with van der Waals surface area (Å²) in [6.07, 6.45) is 2.17. The zero-order chi connectivity index (χ0) is 17.6. The molecule has 6 nitrogen and oxygen atoms in total. The van der Waals surface area contributed by atoms with Crippen molar-refractivity contribution >= 4 is 11.7 Å². The SMILES string of the molecule is CCCc1ccc(OCc2ccc(C(=O)Nc3cc(C)on3)o2)cc1. The topological polar surface area (TPSA) is 77.5 Å². The van der Waals surface area contributed by atoms with Gasteiger partial charge in [-0.05, 0) is 43.2 Å². The van der Waals surface area contributed by atoms with Gasteiger partial charge in [-0.25, -0.2) is 0 Å². The molecule has 25 heavy (non-hydrogen) atoms. The van der Waals surface area contributed by atoms with Crippen molar-refractivity contribution < 1.29 is 18.5 Å². The molecular formula is C19H20N2O4. The molecule has 0 radical (unpaired) electrons. The third-order valence-corrected chi connectivity index (χ3v) is 3.60. The Hall–Kier alpha value is -3.02. The Morgan fingerprint density at radius 3 is 2.68 bits per heavy atom. The number of hydrogen-bond acceptors (Lipinski definition) is 5. The second-order valence-electron chi connectivity index (χ2n) is 5.73. The van der Waals surface area contributed by atoms with E-state index in [-0.39, 0.29) is 18.3 Å². The predicted octanol–water partition coefficient (Wildman–Crippen LogP) is 4.36. The molecule has 0 aliphatic rings. The van der Waals surface area contributed by atoms with Gasteiger partial charge in [0, 0.05) is 6.07 Å². The highest BCUT2D eigenvalue weighted by atomic mass is 16.5. The summed E-state index contributed by atoms with van der Waals surface area (Å²) in [7, 11) is 0. The van der Waals surface area contributed by atoms with Crippen LogP contribution in [0.3, 0.4) is 0 Å². The number of amides is 1. The summed E-state index contributed by atoms with van der Waals surface area (Å²) in [5, 5.41) is 6.32. The zero-order valence-electron chi connectivity index (χ0n) is 14.2. The van der Waals surface area contributed by atoms with E-state index in [0.29, 0.717) is 17.3 Å². The van der Waals surface area contributed by atoms with Gasteiger partial charge in [0.15, 0.2) is 11.6 Å². The summed E-state index contributed by atoms with van der Waals surface area (Å²) >= 11 is 0. The number of furan rings is 1. The first-order valence-corrected chi connectivity index (χ1v) is 8.19. The minimum absolute atomic E-state index is 0.192. The zero-order valence-corrected chi connectivity index (χ0v) is 14.2. The lowest BCUT2D eigenvalue weighted by Gasteiger charge is -2.05. The Labute approximate surface area is 145 Å². The van der Waals surface area contributed by atoms with E-state index in [1.54, 1.807) is 25.1 Å². The molecular weight excluding hydrogens is 320 g/mol. The second kappa shape index (κ2) is 7.70. The fourth-order valence-electron chi connectivity index (χ4n) is 2.38. The molecule has 0 aliphatic heterocycles. The first-order valence-electron chi connectivity index (χ1n) is 8.19. The Bertz CT molecular complexity index is 833. The highest BCUT2D eigenvalue weighted by Gasteiger charge is 2.13. The molecule has 2 aromatic heterocycles. The highest BCUT2D eigenvalue weighted by Crippen LogP contribution is 2.17. The molecule has 0 atom stereocenters. The molecule has 6 heteroatoms. The van der Waals surface area contributed by atoms with Crippen molar-refractivity contribution in [3.8, 4) is 5.75 Å². The maximum Gasteiger partial charge on any atom is 0.292 e. The van der Waals surface area contributed by atoms with Gasteiger partial charge >= 0.3 is 0 Å². The number of rotatable bonds is 7. The molecule has 0 saturated carbocycles. The van der Waals surface area contributed by atoms with E-state index in [1.807, 2.05) is 12.1 Å². The molecule has 2 heterocycles. The van der Waals surface area contributed by atoms with Crippen molar-refractivity contribution in [3.63, 3.8) is 0 Å². The molecule has 0 saturated heterocycles. The van der Waals surface area contributed by atoms with Gasteiger partial charge in [0.05, 0.1) is 0 Å². The van der Waals surface area contributed by atoms with Crippen molar-refractivity contribution in [2.45, 2.75) is 33.3 Å². The summed E-state index contributed by atoms with van der Waals surface area (Å²) in [6.45, 7) is 4.15. The largest absolute Gasteiger partial charge is 0.486 e. The molecule has 0 unspecified atom stereocenters. The van der Waals surface area contributed by atoms with Crippen LogP contribution in [0.1, 0.15) is 41.0 Å². The standard InChI is InChI=1S/C19H20N2O4/c1-3-4-14-5-7-15(8-6-14)23-12-16-9-10-17(24-16)19(22)20-18-11-13(2)25-21-18/h5-11H,3-4,12H2,1-2H3,(H,20,21,22). The number of aromatic nitrogens is 1. The molecule has 3 rings (SSSR count). The van der Waals surface area contributed by atoms with E-state index < -0.39 is 0 Å². The Kier molecular flexibility index (Phi) is 5.18. The average molecular weight is 340 g/mol. The van der Waals surface area contributed by atoms with E-state index in [1.165, 1.54) is 5.56 Å². The van der Waals surface area contributed by atoms with Gasteiger partial charge in [-0.15, -0.1) is 0 Å². The van der Waals surface area contributed by atoms with Crippen molar-refractivity contribution in [2.75, 3.05) is 5.32 Å². The number of aryl methyl sites for hydroxylation is 2. The van der Waals surface area contributed by atoms with Crippen LogP contribution >= 0.6 is 0 Å². The normalized spacial score (nSPS) is 10.6. The number of hydrogen-bond donors (Lipinski definition) is 1. The lowest BCUT2D eigenvalue weighted by Crippen LogP contribution is -2.11. The third kappa shape index (κ3) is 4.50. The molecule has 3 aromatic rings. The summed E-state index contributed by atoms with van der Waals surface area (Å²) in [5.74, 6) is 2.11. The van der Waals surface area contributed by atoms with Crippen LogP contribution in [0.5, 0.6) is 5.75 Å². The molecule has 1 amide bonds. The minimum atomic E-state index is -0.386. The van der Waals surface area contributed by atoms with Gasteiger partial charge in [0.1, 0.15) is 23.9 Å². The Morgan fingerprint density at radius 1 is 1.20 bits per heavy atom. The minimum Gasteiger partial charge on any atom is -0.486 e. The summed E-state index contributed by atoms with van der Waals surface area (Å²) in [4.78, 5) is 12.1. The smallest absolute Gasteiger partial charge is 0.292 e. The van der Waals surface area contributed by atoms with Gasteiger partial charge in [0.2, 0.25) is 0 Å². The molecule has 0 aliphatic carbocycles. The maximum absolute atomic E-state index is 12.1. The summed E-state index contributed by atoms with van der Waals surface area (Å²) in [5.41, 5.74) is 1.29. The van der Waals surface area contributed by atoms with Crippen molar-refractivity contribution in [2.24, 2.45) is 0 Å². The number of nitrogens with zero attached hydrogens (tertiary/aromatic N) is 1. The number of carbonyl (C=O) groups excluding carboxylic acids is 1. The summed E-state index contributed by atoms with van der Waals surface area (Å²) < 4.78 is 16.1. The van der Waals surface area contributed by atoms with Crippen molar-refractivity contribution in [1.29, 1.82) is 0 Å². The number of ether oxygens (including phenoxy) is 1. The number of carbonyl (C=O) groups is 1. The fraction of sp³-hybridized carbons (Fsp3) is 0.263. The lowest BCUT2D eigenvalue weighted by molar-refractivity contribution is 0.0991. The Morgan fingerprint density at radius 2 is 2.00 bits per heavy atom. The molecule has 1 N–H and O–H groups in total. The van der Waals surface area contributed by atoms with E-state index in [0.717, 1.165) is 18.6 Å². The lowest BCUT2D eigenvalue weighted by atomic mass is 10.1. The first-order chi connectivity index (χ1) is 12.1. The number of benzene rings is 1. The van der Waals surface area contributed by atoms with Gasteiger partial charge in [-0.1, -0.05) is 30.6 Å². The van der Waals surface area contributed by atoms with E-state index >= 15 is 0 Å². The van der Waals surface area contributed by atoms with Crippen LogP contribution in [-0.4, -0.2) is 11.1 Å². The highest BCUT2D eigenvalue weighted by molar-refractivity contribution is 6.01. The first kappa shape index (κ1) is 16.8. The monoisotopic (exact) mass is 340 g/mol. The summed E-state index contributed by atoms with van der Waals surface area (Å²) in [6, 6.07) is 12.9. The van der Waals surface area contributed by atoms with Gasteiger partial charge in [-0.3, -0.25) is 4.79 Å². The van der Waals surface area contributed by atoms with Crippen molar-refractivity contribution in [3.05, 3.63) is 65.3 Å². The van der Waals surface area contributed by atoms with Crippen LogP contribution in [0.15, 0.2) is 51.4 Å². The predicted molar refractivity (Wildman–Crippen MR) is 92.7 cm³/mol. The second-order valence-corrected chi connectivity index (χ2v) is 5.73. The third-order valence-electron chi connectivity index (χ3n) is 3.60. The van der Waals surface area contributed by atoms with Crippen LogP contribution in [0.2, 0.25) is 0 Å². The fourth-order valence-corrected chi connectivity index (χ4v) is 2.38. The van der Waals surface area contributed by atoms with Crippen LogP contribution in [0.25, 0.3) is 0 Å². The van der Waals surface area contributed by atoms with Gasteiger partial charge in [-0.2, -0.15) is 0 Å². The molecule has 0 bridgehead atoms. The van der Waals surface area contributed by atoms with E-state index in [2.05, 4.69) is 29.5 Å². The molecule has 0 fully saturated rings. The molecule has 0 spiro atoms. The Balaban J connectivity index is 1.55. The maximum atomic E-state index is 12.1. The number of anilines is 1.